The van der Waals surface area contributed by atoms with Gasteiger partial charge in [0, 0.05) is 17.5 Å². The van der Waals surface area contributed by atoms with Crippen LogP contribution in [0.4, 0.5) is 0 Å². The molecule has 0 aliphatic heterocycles. The van der Waals surface area contributed by atoms with E-state index in [9.17, 15) is 4.79 Å². The molecule has 0 spiro atoms. The summed E-state index contributed by atoms with van der Waals surface area (Å²) in [6, 6.07) is 4.53. The maximum absolute atomic E-state index is 12.1. The zero-order valence-electron chi connectivity index (χ0n) is 12.2. The molecule has 3 nitrogen and oxygen atoms in total. The summed E-state index contributed by atoms with van der Waals surface area (Å²) in [5.41, 5.74) is 0. The Labute approximate surface area is 133 Å². The van der Waals surface area contributed by atoms with Gasteiger partial charge in [-0.25, -0.2) is 0 Å². The van der Waals surface area contributed by atoms with Gasteiger partial charge >= 0.3 is 0 Å². The van der Waals surface area contributed by atoms with Crippen molar-refractivity contribution in [3.8, 4) is 0 Å². The fourth-order valence-electron chi connectivity index (χ4n) is 2.79. The Morgan fingerprint density at radius 1 is 1.45 bits per heavy atom. The molecule has 20 heavy (non-hydrogen) atoms. The molecular weight excluding hydrogens is 336 g/mol. The van der Waals surface area contributed by atoms with Crippen LogP contribution in [0, 0.1) is 5.92 Å². The van der Waals surface area contributed by atoms with E-state index in [-0.39, 0.29) is 5.91 Å². The second kappa shape index (κ2) is 7.57. The zero-order chi connectivity index (χ0) is 14.5. The van der Waals surface area contributed by atoms with Crippen LogP contribution in [0.5, 0.6) is 0 Å². The molecule has 0 bridgehead atoms. The Morgan fingerprint density at radius 2 is 2.20 bits per heavy atom. The second-order valence-corrected chi connectivity index (χ2v) is 8.36. The van der Waals surface area contributed by atoms with Gasteiger partial charge in [0.25, 0.3) is 0 Å². The van der Waals surface area contributed by atoms with E-state index in [4.69, 9.17) is 0 Å². The lowest BCUT2D eigenvalue weighted by Gasteiger charge is -2.30. The molecule has 2 atom stereocenters. The van der Waals surface area contributed by atoms with Crippen LogP contribution in [0.1, 0.15) is 37.5 Å². The normalized spacial score (nSPS) is 23.0. The first-order valence-corrected chi connectivity index (χ1v) is 8.87. The highest BCUT2D eigenvalue weighted by Crippen LogP contribution is 2.24. The van der Waals surface area contributed by atoms with Crippen LogP contribution in [0.15, 0.2) is 15.9 Å². The first-order valence-electron chi connectivity index (χ1n) is 7.26. The van der Waals surface area contributed by atoms with Crippen molar-refractivity contribution in [2.24, 2.45) is 5.92 Å². The topological polar surface area (TPSA) is 32.3 Å². The lowest BCUT2D eigenvalue weighted by atomic mass is 9.86. The summed E-state index contributed by atoms with van der Waals surface area (Å²) in [6.07, 6.45) is 4.92. The smallest absolute Gasteiger partial charge is 0.234 e. The minimum Gasteiger partial charge on any atom is -0.352 e. The average Bonchev–Trinajstić information content (AvgIpc) is 2.77. The SMILES string of the molecule is C[C@H]1CCCC[C@@H]1NC(=O)CN(C)Cc1ccc(Br)s1. The third kappa shape index (κ3) is 4.86. The molecular formula is C15H23BrN2OS. The van der Waals surface area contributed by atoms with Gasteiger partial charge in [-0.15, -0.1) is 11.3 Å². The van der Waals surface area contributed by atoms with Gasteiger partial charge in [0.15, 0.2) is 0 Å². The molecule has 1 aliphatic rings. The third-order valence-electron chi connectivity index (χ3n) is 3.93. The van der Waals surface area contributed by atoms with Crippen molar-refractivity contribution in [2.45, 2.75) is 45.2 Å². The molecule has 1 heterocycles. The molecule has 1 saturated carbocycles. The van der Waals surface area contributed by atoms with E-state index in [0.29, 0.717) is 18.5 Å². The van der Waals surface area contributed by atoms with Gasteiger partial charge in [-0.05, 0) is 53.9 Å². The Hall–Kier alpha value is -0.390. The summed E-state index contributed by atoms with van der Waals surface area (Å²) >= 11 is 5.19. The predicted molar refractivity (Wildman–Crippen MR) is 87.9 cm³/mol. The molecule has 1 fully saturated rings. The van der Waals surface area contributed by atoms with Crippen molar-refractivity contribution in [1.29, 1.82) is 0 Å². The number of carbonyl (C=O) groups is 1. The van der Waals surface area contributed by atoms with Gasteiger partial charge in [-0.3, -0.25) is 9.69 Å². The van der Waals surface area contributed by atoms with Crippen LogP contribution < -0.4 is 5.32 Å². The molecule has 0 aromatic carbocycles. The summed E-state index contributed by atoms with van der Waals surface area (Å²) in [6.45, 7) is 3.54. The molecule has 1 amide bonds. The van der Waals surface area contributed by atoms with Crippen molar-refractivity contribution in [3.63, 3.8) is 0 Å². The van der Waals surface area contributed by atoms with Gasteiger partial charge in [0.05, 0.1) is 10.3 Å². The molecule has 1 N–H and O–H groups in total. The summed E-state index contributed by atoms with van der Waals surface area (Å²) in [5.74, 6) is 0.771. The standard InChI is InChI=1S/C15H23BrN2OS/c1-11-5-3-4-6-13(11)17-15(19)10-18(2)9-12-7-8-14(16)20-12/h7-8,11,13H,3-6,9-10H2,1-2H3,(H,17,19)/t11-,13-/m0/s1. The number of thiophene rings is 1. The quantitative estimate of drug-likeness (QED) is 0.871. The fourth-order valence-corrected chi connectivity index (χ4v) is 4.35. The second-order valence-electron chi connectivity index (χ2n) is 5.81. The molecule has 112 valence electrons. The number of carbonyl (C=O) groups excluding carboxylic acids is 1. The van der Waals surface area contributed by atoms with Gasteiger partial charge in [0.2, 0.25) is 5.91 Å². The highest BCUT2D eigenvalue weighted by Gasteiger charge is 2.23. The van der Waals surface area contributed by atoms with Crippen molar-refractivity contribution < 1.29 is 4.79 Å². The van der Waals surface area contributed by atoms with Crippen LogP contribution in [-0.2, 0) is 11.3 Å². The Bertz CT molecular complexity index is 449. The average molecular weight is 359 g/mol. The number of nitrogens with zero attached hydrogens (tertiary/aromatic N) is 1. The minimum atomic E-state index is 0.155. The summed E-state index contributed by atoms with van der Waals surface area (Å²) in [7, 11) is 2.00. The highest BCUT2D eigenvalue weighted by atomic mass is 79.9. The van der Waals surface area contributed by atoms with E-state index in [1.807, 2.05) is 7.05 Å². The summed E-state index contributed by atoms with van der Waals surface area (Å²) < 4.78 is 1.14. The fraction of sp³-hybridized carbons (Fsp3) is 0.667. The summed E-state index contributed by atoms with van der Waals surface area (Å²) in [4.78, 5) is 15.5. The third-order valence-corrected chi connectivity index (χ3v) is 5.53. The number of rotatable bonds is 5. The molecule has 1 aliphatic carbocycles. The largest absolute Gasteiger partial charge is 0.352 e. The Kier molecular flexibility index (Phi) is 6.05. The minimum absolute atomic E-state index is 0.155. The van der Waals surface area contributed by atoms with Crippen LogP contribution >= 0.6 is 27.3 Å². The van der Waals surface area contributed by atoms with E-state index in [2.05, 4.69) is 45.2 Å². The van der Waals surface area contributed by atoms with E-state index in [1.165, 1.54) is 24.1 Å². The Balaban J connectivity index is 1.75. The number of nitrogens with one attached hydrogen (secondary N) is 1. The number of hydrogen-bond donors (Lipinski definition) is 1. The highest BCUT2D eigenvalue weighted by molar-refractivity contribution is 9.11. The lowest BCUT2D eigenvalue weighted by Crippen LogP contribution is -2.44. The summed E-state index contributed by atoms with van der Waals surface area (Å²) in [5, 5.41) is 3.20. The van der Waals surface area contributed by atoms with Crippen LogP contribution in [0.3, 0.4) is 0 Å². The van der Waals surface area contributed by atoms with Crippen molar-refractivity contribution >= 4 is 33.2 Å². The molecule has 0 saturated heterocycles. The molecule has 1 aromatic heterocycles. The van der Waals surface area contributed by atoms with Crippen LogP contribution in [0.2, 0.25) is 0 Å². The maximum atomic E-state index is 12.1. The van der Waals surface area contributed by atoms with Crippen LogP contribution in [0.25, 0.3) is 0 Å². The number of halogens is 1. The maximum Gasteiger partial charge on any atom is 0.234 e. The van der Waals surface area contributed by atoms with Crippen molar-refractivity contribution in [2.75, 3.05) is 13.6 Å². The van der Waals surface area contributed by atoms with E-state index >= 15 is 0 Å². The lowest BCUT2D eigenvalue weighted by molar-refractivity contribution is -0.123. The molecule has 0 unspecified atom stereocenters. The van der Waals surface area contributed by atoms with Gasteiger partial charge in [-0.2, -0.15) is 0 Å². The predicted octanol–water partition coefficient (Wildman–Crippen LogP) is 3.64. The molecule has 1 aromatic rings. The first-order chi connectivity index (χ1) is 9.54. The van der Waals surface area contributed by atoms with E-state index < -0.39 is 0 Å². The number of amides is 1. The molecule has 2 rings (SSSR count). The number of hydrogen-bond acceptors (Lipinski definition) is 3. The van der Waals surface area contributed by atoms with Gasteiger partial charge in [-0.1, -0.05) is 19.8 Å². The zero-order valence-corrected chi connectivity index (χ0v) is 14.6. The van der Waals surface area contributed by atoms with Gasteiger partial charge < -0.3 is 5.32 Å². The van der Waals surface area contributed by atoms with Gasteiger partial charge in [0.1, 0.15) is 0 Å². The first kappa shape index (κ1) is 16.0. The number of likely N-dealkylation sites (N-methyl/N-ethyl adjacent to an activating group) is 1. The monoisotopic (exact) mass is 358 g/mol. The molecule has 5 heteroatoms. The Morgan fingerprint density at radius 3 is 2.85 bits per heavy atom. The van der Waals surface area contributed by atoms with Crippen LogP contribution in [-0.4, -0.2) is 30.4 Å². The van der Waals surface area contributed by atoms with Crippen molar-refractivity contribution in [1.82, 2.24) is 10.2 Å². The van der Waals surface area contributed by atoms with E-state index in [1.54, 1.807) is 11.3 Å². The van der Waals surface area contributed by atoms with Crippen molar-refractivity contribution in [3.05, 3.63) is 20.8 Å². The van der Waals surface area contributed by atoms with E-state index in [0.717, 1.165) is 16.8 Å². The molecule has 0 radical (unpaired) electrons.